The number of nitrogen functional groups attached to an aromatic ring is 1. The third-order valence-corrected chi connectivity index (χ3v) is 4.64. The summed E-state index contributed by atoms with van der Waals surface area (Å²) < 4.78 is 6.92. The van der Waals surface area contributed by atoms with Crippen LogP contribution in [0.25, 0.3) is 10.6 Å². The molecule has 0 aromatic carbocycles. The second kappa shape index (κ2) is 3.67. The summed E-state index contributed by atoms with van der Waals surface area (Å²) in [5, 5.41) is 3.68. The van der Waals surface area contributed by atoms with Gasteiger partial charge in [0, 0.05) is 0 Å². The molecule has 0 fully saturated rings. The van der Waals surface area contributed by atoms with Gasteiger partial charge in [0.05, 0.1) is 8.66 Å². The number of aryl methyl sites for hydroxylation is 1. The molecule has 0 unspecified atom stereocenters. The van der Waals surface area contributed by atoms with Crippen LogP contribution in [0.4, 0.5) is 5.82 Å². The molecule has 0 saturated heterocycles. The van der Waals surface area contributed by atoms with Gasteiger partial charge in [-0.25, -0.2) is 0 Å². The highest BCUT2D eigenvalue weighted by atomic mass is 79.9. The minimum absolute atomic E-state index is 0.377. The molecule has 2 heterocycles. The first-order chi connectivity index (χ1) is 6.59. The number of hydrogen-bond acceptors (Lipinski definition) is 4. The van der Waals surface area contributed by atoms with Gasteiger partial charge in [-0.1, -0.05) is 5.16 Å². The minimum atomic E-state index is 0.377. The number of halogens is 2. The van der Waals surface area contributed by atoms with E-state index in [1.807, 2.05) is 13.0 Å². The molecule has 0 radical (unpaired) electrons. The van der Waals surface area contributed by atoms with Crippen molar-refractivity contribution < 1.29 is 4.52 Å². The van der Waals surface area contributed by atoms with Crippen LogP contribution in [0, 0.1) is 6.92 Å². The van der Waals surface area contributed by atoms with E-state index in [0.29, 0.717) is 16.1 Å². The SMILES string of the molecule is Cc1cc(-c2onc(N)c2Br)sc1Br. The molecular weight excluding hydrogens is 332 g/mol. The number of nitrogens with zero attached hydrogens (tertiary/aromatic N) is 1. The van der Waals surface area contributed by atoms with E-state index in [1.165, 1.54) is 5.56 Å². The van der Waals surface area contributed by atoms with Gasteiger partial charge < -0.3 is 10.3 Å². The highest BCUT2D eigenvalue weighted by molar-refractivity contribution is 9.11. The summed E-state index contributed by atoms with van der Waals surface area (Å²) in [4.78, 5) is 1.01. The maximum Gasteiger partial charge on any atom is 0.193 e. The lowest BCUT2D eigenvalue weighted by molar-refractivity contribution is 0.436. The number of rotatable bonds is 1. The van der Waals surface area contributed by atoms with E-state index in [1.54, 1.807) is 11.3 Å². The van der Waals surface area contributed by atoms with Gasteiger partial charge in [-0.15, -0.1) is 11.3 Å². The van der Waals surface area contributed by atoms with Crippen LogP contribution in [0.5, 0.6) is 0 Å². The van der Waals surface area contributed by atoms with Gasteiger partial charge in [0.1, 0.15) is 4.47 Å². The van der Waals surface area contributed by atoms with Gasteiger partial charge in [-0.3, -0.25) is 0 Å². The Morgan fingerprint density at radius 2 is 2.21 bits per heavy atom. The molecule has 6 heteroatoms. The Hall–Kier alpha value is -0.330. The molecule has 0 saturated carbocycles. The van der Waals surface area contributed by atoms with Crippen LogP contribution < -0.4 is 5.73 Å². The summed E-state index contributed by atoms with van der Waals surface area (Å²) in [5.74, 6) is 1.06. The van der Waals surface area contributed by atoms with E-state index in [0.717, 1.165) is 8.66 Å². The Kier molecular flexibility index (Phi) is 2.68. The first-order valence-corrected chi connectivity index (χ1v) is 6.17. The highest BCUT2D eigenvalue weighted by Gasteiger charge is 2.15. The molecular formula is C8H6Br2N2OS. The Bertz CT molecular complexity index is 458. The zero-order valence-electron chi connectivity index (χ0n) is 7.17. The van der Waals surface area contributed by atoms with E-state index in [4.69, 9.17) is 10.3 Å². The van der Waals surface area contributed by atoms with Gasteiger partial charge in [0.25, 0.3) is 0 Å². The summed E-state index contributed by atoms with van der Waals surface area (Å²) in [6.45, 7) is 2.03. The monoisotopic (exact) mass is 336 g/mol. The number of anilines is 1. The fraction of sp³-hybridized carbons (Fsp3) is 0.125. The van der Waals surface area contributed by atoms with Crippen molar-refractivity contribution in [3.63, 3.8) is 0 Å². The third-order valence-electron chi connectivity index (χ3n) is 1.74. The molecule has 3 nitrogen and oxygen atoms in total. The van der Waals surface area contributed by atoms with Crippen molar-refractivity contribution in [3.05, 3.63) is 19.9 Å². The summed E-state index contributed by atoms with van der Waals surface area (Å²) >= 11 is 8.38. The lowest BCUT2D eigenvalue weighted by atomic mass is 10.3. The predicted molar refractivity (Wildman–Crippen MR) is 64.4 cm³/mol. The van der Waals surface area contributed by atoms with Crippen LogP contribution in [0.3, 0.4) is 0 Å². The normalized spacial score (nSPS) is 10.8. The zero-order chi connectivity index (χ0) is 10.3. The Balaban J connectivity index is 2.54. The van der Waals surface area contributed by atoms with Crippen LogP contribution in [0.15, 0.2) is 18.8 Å². The first-order valence-electron chi connectivity index (χ1n) is 3.76. The molecule has 2 rings (SSSR count). The number of thiophene rings is 1. The fourth-order valence-corrected chi connectivity index (χ4v) is 3.02. The summed E-state index contributed by atoms with van der Waals surface area (Å²) in [5.41, 5.74) is 6.74. The summed E-state index contributed by atoms with van der Waals surface area (Å²) in [6, 6.07) is 2.03. The van der Waals surface area contributed by atoms with Crippen molar-refractivity contribution in [1.29, 1.82) is 0 Å². The topological polar surface area (TPSA) is 52.0 Å². The van der Waals surface area contributed by atoms with Gasteiger partial charge >= 0.3 is 0 Å². The lowest BCUT2D eigenvalue weighted by Gasteiger charge is -1.88. The van der Waals surface area contributed by atoms with Crippen LogP contribution in [-0.2, 0) is 0 Å². The Morgan fingerprint density at radius 1 is 1.50 bits per heavy atom. The fourth-order valence-electron chi connectivity index (χ4n) is 1.02. The quantitative estimate of drug-likeness (QED) is 0.860. The third kappa shape index (κ3) is 1.62. The van der Waals surface area contributed by atoms with Gasteiger partial charge in [-0.2, -0.15) is 0 Å². The average Bonchev–Trinajstić information content (AvgIpc) is 2.61. The maximum atomic E-state index is 5.56. The summed E-state index contributed by atoms with van der Waals surface area (Å²) in [7, 11) is 0. The largest absolute Gasteiger partial charge is 0.380 e. The van der Waals surface area contributed by atoms with Crippen molar-refractivity contribution >= 4 is 49.0 Å². The zero-order valence-corrected chi connectivity index (χ0v) is 11.2. The number of aromatic nitrogens is 1. The molecule has 2 N–H and O–H groups in total. The van der Waals surface area contributed by atoms with Crippen LogP contribution in [0.2, 0.25) is 0 Å². The molecule has 0 spiro atoms. The van der Waals surface area contributed by atoms with Crippen molar-refractivity contribution in [3.8, 4) is 10.6 Å². The number of nitrogens with two attached hydrogens (primary N) is 1. The maximum absolute atomic E-state index is 5.56. The van der Waals surface area contributed by atoms with Crippen molar-refractivity contribution in [2.45, 2.75) is 6.92 Å². The van der Waals surface area contributed by atoms with E-state index < -0.39 is 0 Å². The molecule has 0 amide bonds. The van der Waals surface area contributed by atoms with E-state index in [2.05, 4.69) is 37.0 Å². The molecule has 0 atom stereocenters. The first kappa shape index (κ1) is 10.2. The second-order valence-corrected chi connectivity index (χ2v) is 5.94. The van der Waals surface area contributed by atoms with Gasteiger partial charge in [0.15, 0.2) is 11.6 Å². The van der Waals surface area contributed by atoms with E-state index in [9.17, 15) is 0 Å². The van der Waals surface area contributed by atoms with Crippen molar-refractivity contribution in [2.75, 3.05) is 5.73 Å². The van der Waals surface area contributed by atoms with Crippen LogP contribution in [-0.4, -0.2) is 5.16 Å². The Morgan fingerprint density at radius 3 is 2.64 bits per heavy atom. The van der Waals surface area contributed by atoms with Crippen LogP contribution in [0.1, 0.15) is 5.56 Å². The highest BCUT2D eigenvalue weighted by Crippen LogP contribution is 2.39. The minimum Gasteiger partial charge on any atom is -0.380 e. The molecule has 0 bridgehead atoms. The van der Waals surface area contributed by atoms with Crippen molar-refractivity contribution in [1.82, 2.24) is 5.16 Å². The predicted octanol–water partition coefficient (Wildman–Crippen LogP) is 3.82. The lowest BCUT2D eigenvalue weighted by Crippen LogP contribution is -1.82. The molecule has 0 aliphatic carbocycles. The molecule has 74 valence electrons. The van der Waals surface area contributed by atoms with Gasteiger partial charge in [-0.05, 0) is 50.4 Å². The van der Waals surface area contributed by atoms with E-state index >= 15 is 0 Å². The standard InChI is InChI=1S/C8H6Br2N2OS/c1-3-2-4(14-7(3)10)6-5(9)8(11)12-13-6/h2H,1H3,(H2,11,12). The summed E-state index contributed by atoms with van der Waals surface area (Å²) in [6.07, 6.45) is 0. The molecule has 0 aliphatic rings. The van der Waals surface area contributed by atoms with E-state index in [-0.39, 0.29) is 0 Å². The van der Waals surface area contributed by atoms with Crippen LogP contribution >= 0.6 is 43.2 Å². The van der Waals surface area contributed by atoms with Gasteiger partial charge in [0.2, 0.25) is 0 Å². The smallest absolute Gasteiger partial charge is 0.193 e. The second-order valence-electron chi connectivity index (χ2n) is 2.78. The molecule has 2 aromatic rings. The molecule has 14 heavy (non-hydrogen) atoms. The average molecular weight is 338 g/mol. The Labute approximate surface area is 102 Å². The molecule has 0 aliphatic heterocycles. The number of hydrogen-bond donors (Lipinski definition) is 1. The molecule has 2 aromatic heterocycles. The van der Waals surface area contributed by atoms with Crippen molar-refractivity contribution in [2.24, 2.45) is 0 Å².